The molecule has 1 aliphatic carbocycles. The van der Waals surface area contributed by atoms with Gasteiger partial charge >= 0.3 is 5.97 Å². The molecule has 2 atom stereocenters. The quantitative estimate of drug-likeness (QED) is 0.865. The zero-order valence-corrected chi connectivity index (χ0v) is 12.7. The maximum absolute atomic E-state index is 11.1. The lowest BCUT2D eigenvalue weighted by Gasteiger charge is -2.18. The topological polar surface area (TPSA) is 58.6 Å². The number of nitrogens with one attached hydrogen (secondary N) is 1. The van der Waals surface area contributed by atoms with Gasteiger partial charge in [-0.1, -0.05) is 12.1 Å². The van der Waals surface area contributed by atoms with E-state index in [2.05, 4.69) is 21.2 Å². The van der Waals surface area contributed by atoms with Gasteiger partial charge in [0.05, 0.1) is 17.0 Å². The lowest BCUT2D eigenvalue weighted by molar-refractivity contribution is -0.141. The van der Waals surface area contributed by atoms with Gasteiger partial charge in [0.1, 0.15) is 5.75 Å². The van der Waals surface area contributed by atoms with Gasteiger partial charge in [0.15, 0.2) is 0 Å². The number of rotatable bonds is 5. The van der Waals surface area contributed by atoms with Crippen LogP contribution in [0.3, 0.4) is 0 Å². The minimum Gasteiger partial charge on any atom is -0.492 e. The molecule has 3 rings (SSSR count). The normalized spacial score (nSPS) is 25.6. The number of benzene rings is 1. The first kappa shape index (κ1) is 13.9. The van der Waals surface area contributed by atoms with Crippen LogP contribution in [0.1, 0.15) is 30.9 Å². The zero-order valence-electron chi connectivity index (χ0n) is 11.1. The van der Waals surface area contributed by atoms with Crippen LogP contribution in [0.5, 0.6) is 5.75 Å². The molecule has 1 heterocycles. The number of aliphatic carboxylic acids is 1. The number of hydrogen-bond donors (Lipinski definition) is 2. The zero-order chi connectivity index (χ0) is 14.1. The molecule has 0 spiro atoms. The Morgan fingerprint density at radius 1 is 1.45 bits per heavy atom. The van der Waals surface area contributed by atoms with Gasteiger partial charge < -0.3 is 15.2 Å². The van der Waals surface area contributed by atoms with Gasteiger partial charge in [0.25, 0.3) is 0 Å². The van der Waals surface area contributed by atoms with Crippen molar-refractivity contribution in [2.75, 3.05) is 13.2 Å². The van der Waals surface area contributed by atoms with E-state index in [1.165, 1.54) is 12.8 Å². The summed E-state index contributed by atoms with van der Waals surface area (Å²) in [5.74, 6) is 0.520. The highest BCUT2D eigenvalue weighted by Gasteiger charge is 2.32. The number of para-hydroxylation sites is 1. The molecule has 20 heavy (non-hydrogen) atoms. The maximum atomic E-state index is 11.1. The van der Waals surface area contributed by atoms with Crippen LogP contribution in [0.15, 0.2) is 22.7 Å². The minimum absolute atomic E-state index is 0.0582. The average Bonchev–Trinajstić information content (AvgIpc) is 3.11. The van der Waals surface area contributed by atoms with E-state index in [1.54, 1.807) is 0 Å². The van der Waals surface area contributed by atoms with Crippen LogP contribution < -0.4 is 10.1 Å². The molecule has 1 aliphatic heterocycles. The molecule has 2 N–H and O–H groups in total. The summed E-state index contributed by atoms with van der Waals surface area (Å²) in [4.78, 5) is 11.1. The Morgan fingerprint density at radius 3 is 2.90 bits per heavy atom. The smallest absolute Gasteiger partial charge is 0.307 e. The molecule has 1 aromatic rings. The van der Waals surface area contributed by atoms with Gasteiger partial charge in [-0.05, 0) is 47.2 Å². The van der Waals surface area contributed by atoms with Crippen molar-refractivity contribution in [2.24, 2.45) is 11.8 Å². The molecule has 2 unspecified atom stereocenters. The SMILES string of the molecule is O=C(O)C1CNC(c2cccc(Br)c2OCC2CC2)C1. The average molecular weight is 340 g/mol. The summed E-state index contributed by atoms with van der Waals surface area (Å²) < 4.78 is 6.91. The van der Waals surface area contributed by atoms with E-state index >= 15 is 0 Å². The first-order valence-corrected chi connectivity index (χ1v) is 7.82. The Kier molecular flexibility index (Phi) is 3.98. The Bertz CT molecular complexity index is 516. The van der Waals surface area contributed by atoms with Crippen molar-refractivity contribution < 1.29 is 14.6 Å². The van der Waals surface area contributed by atoms with Gasteiger partial charge in [-0.25, -0.2) is 0 Å². The van der Waals surface area contributed by atoms with E-state index in [9.17, 15) is 4.79 Å². The number of carboxylic acids is 1. The Morgan fingerprint density at radius 2 is 2.25 bits per heavy atom. The third-order valence-electron chi connectivity index (χ3n) is 4.01. The summed E-state index contributed by atoms with van der Waals surface area (Å²) in [5.41, 5.74) is 1.06. The largest absolute Gasteiger partial charge is 0.492 e. The van der Waals surface area contributed by atoms with Crippen LogP contribution in [0, 0.1) is 11.8 Å². The predicted octanol–water partition coefficient (Wildman–Crippen LogP) is 2.97. The van der Waals surface area contributed by atoms with Crippen LogP contribution in [0.25, 0.3) is 0 Å². The number of ether oxygens (including phenoxy) is 1. The van der Waals surface area contributed by atoms with Gasteiger partial charge in [0.2, 0.25) is 0 Å². The summed E-state index contributed by atoms with van der Waals surface area (Å²) in [5, 5.41) is 12.4. The van der Waals surface area contributed by atoms with Crippen molar-refractivity contribution in [1.82, 2.24) is 5.32 Å². The Labute approximate surface area is 126 Å². The Balaban J connectivity index is 1.77. The molecule has 5 heteroatoms. The molecule has 0 aromatic heterocycles. The highest BCUT2D eigenvalue weighted by molar-refractivity contribution is 9.10. The number of halogens is 1. The van der Waals surface area contributed by atoms with Crippen molar-refractivity contribution in [1.29, 1.82) is 0 Å². The van der Waals surface area contributed by atoms with Crippen molar-refractivity contribution >= 4 is 21.9 Å². The maximum Gasteiger partial charge on any atom is 0.307 e. The fourth-order valence-electron chi connectivity index (χ4n) is 2.60. The van der Waals surface area contributed by atoms with Crippen molar-refractivity contribution in [3.63, 3.8) is 0 Å². The summed E-state index contributed by atoms with van der Waals surface area (Å²) in [6.07, 6.45) is 3.12. The first-order chi connectivity index (χ1) is 9.65. The number of hydrogen-bond acceptors (Lipinski definition) is 3. The summed E-state index contributed by atoms with van der Waals surface area (Å²) in [7, 11) is 0. The van der Waals surface area contributed by atoms with E-state index in [0.717, 1.165) is 22.4 Å². The first-order valence-electron chi connectivity index (χ1n) is 7.02. The third-order valence-corrected chi connectivity index (χ3v) is 4.64. The Hall–Kier alpha value is -1.07. The van der Waals surface area contributed by atoms with E-state index in [4.69, 9.17) is 9.84 Å². The van der Waals surface area contributed by atoms with E-state index in [0.29, 0.717) is 18.9 Å². The van der Waals surface area contributed by atoms with Crippen LogP contribution in [0.4, 0.5) is 0 Å². The molecule has 1 saturated heterocycles. The second-order valence-corrected chi connectivity index (χ2v) is 6.50. The highest BCUT2D eigenvalue weighted by atomic mass is 79.9. The second-order valence-electron chi connectivity index (χ2n) is 5.64. The molecule has 1 aromatic carbocycles. The summed E-state index contributed by atoms with van der Waals surface area (Å²) in [6.45, 7) is 1.28. The van der Waals surface area contributed by atoms with Crippen LogP contribution in [0.2, 0.25) is 0 Å². The summed E-state index contributed by atoms with van der Waals surface area (Å²) in [6, 6.07) is 6.02. The van der Waals surface area contributed by atoms with Gasteiger partial charge in [-0.3, -0.25) is 4.79 Å². The molecule has 108 valence electrons. The van der Waals surface area contributed by atoms with Crippen molar-refractivity contribution in [3.8, 4) is 5.75 Å². The fraction of sp³-hybridized carbons (Fsp3) is 0.533. The summed E-state index contributed by atoms with van der Waals surface area (Å²) >= 11 is 3.54. The van der Waals surface area contributed by atoms with Crippen molar-refractivity contribution in [3.05, 3.63) is 28.2 Å². The molecule has 1 saturated carbocycles. The monoisotopic (exact) mass is 339 g/mol. The molecule has 0 bridgehead atoms. The van der Waals surface area contributed by atoms with Crippen LogP contribution in [-0.2, 0) is 4.79 Å². The standard InChI is InChI=1S/C15H18BrNO3/c16-12-3-1-2-11(14(12)20-8-9-4-5-9)13-6-10(7-17-13)15(18)19/h1-3,9-10,13,17H,4-8H2,(H,18,19). The van der Waals surface area contributed by atoms with Gasteiger partial charge in [0, 0.05) is 18.2 Å². The number of carbonyl (C=O) groups is 1. The molecule has 0 amide bonds. The lowest BCUT2D eigenvalue weighted by Crippen LogP contribution is -2.17. The third kappa shape index (κ3) is 2.99. The molecule has 2 fully saturated rings. The minimum atomic E-state index is -0.726. The predicted molar refractivity (Wildman–Crippen MR) is 78.8 cm³/mol. The van der Waals surface area contributed by atoms with Crippen molar-refractivity contribution in [2.45, 2.75) is 25.3 Å². The molecule has 4 nitrogen and oxygen atoms in total. The van der Waals surface area contributed by atoms with Crippen LogP contribution >= 0.6 is 15.9 Å². The highest BCUT2D eigenvalue weighted by Crippen LogP contribution is 2.39. The fourth-order valence-corrected chi connectivity index (χ4v) is 3.09. The number of carboxylic acid groups (broad SMARTS) is 1. The lowest BCUT2D eigenvalue weighted by atomic mass is 9.99. The molecular formula is C15H18BrNO3. The molecular weight excluding hydrogens is 322 g/mol. The molecule has 2 aliphatic rings. The van der Waals surface area contributed by atoms with Gasteiger partial charge in [-0.15, -0.1) is 0 Å². The molecule has 0 radical (unpaired) electrons. The van der Waals surface area contributed by atoms with Crippen LogP contribution in [-0.4, -0.2) is 24.2 Å². The van der Waals surface area contributed by atoms with Gasteiger partial charge in [-0.2, -0.15) is 0 Å². The van der Waals surface area contributed by atoms with E-state index < -0.39 is 5.97 Å². The van der Waals surface area contributed by atoms with E-state index in [-0.39, 0.29) is 12.0 Å². The second kappa shape index (κ2) is 5.74. The van der Waals surface area contributed by atoms with E-state index in [1.807, 2.05) is 18.2 Å².